The van der Waals surface area contributed by atoms with Crippen LogP contribution in [0.15, 0.2) is 29.0 Å². The average Bonchev–Trinajstić information content (AvgIpc) is 3.15. The van der Waals surface area contributed by atoms with E-state index >= 15 is 0 Å². The highest BCUT2D eigenvalue weighted by Gasteiger charge is 2.31. The second kappa shape index (κ2) is 6.44. The lowest BCUT2D eigenvalue weighted by molar-refractivity contribution is -0.122. The van der Waals surface area contributed by atoms with Crippen LogP contribution in [0.3, 0.4) is 0 Å². The summed E-state index contributed by atoms with van der Waals surface area (Å²) in [6.45, 7) is 1.58. The summed E-state index contributed by atoms with van der Waals surface area (Å²) in [5.41, 5.74) is 1.35. The fourth-order valence-corrected chi connectivity index (χ4v) is 4.49. The summed E-state index contributed by atoms with van der Waals surface area (Å²) < 4.78 is 0. The maximum absolute atomic E-state index is 12.0. The molecule has 3 nitrogen and oxygen atoms in total. The predicted molar refractivity (Wildman–Crippen MR) is 87.6 cm³/mol. The third-order valence-electron chi connectivity index (χ3n) is 3.61. The maximum atomic E-state index is 12.0. The number of terminal acetylenes is 1. The van der Waals surface area contributed by atoms with Crippen LogP contribution in [0.25, 0.3) is 0 Å². The van der Waals surface area contributed by atoms with E-state index in [-0.39, 0.29) is 11.9 Å². The van der Waals surface area contributed by atoms with E-state index in [2.05, 4.69) is 45.1 Å². The fourth-order valence-electron chi connectivity index (χ4n) is 2.71. The molecule has 2 aromatic rings. The predicted octanol–water partition coefficient (Wildman–Crippen LogP) is 2.51. The van der Waals surface area contributed by atoms with Gasteiger partial charge in [-0.1, -0.05) is 12.0 Å². The Hall–Kier alpha value is -1.61. The van der Waals surface area contributed by atoms with Gasteiger partial charge in [0.1, 0.15) is 0 Å². The van der Waals surface area contributed by atoms with Crippen molar-refractivity contribution in [2.75, 3.05) is 19.6 Å². The fraction of sp³-hybridized carbons (Fsp3) is 0.312. The zero-order valence-electron chi connectivity index (χ0n) is 11.5. The molecule has 0 fully saturated rings. The number of carbonyl (C=O) groups is 1. The third kappa shape index (κ3) is 3.03. The van der Waals surface area contributed by atoms with Crippen LogP contribution in [-0.2, 0) is 11.2 Å². The van der Waals surface area contributed by atoms with Gasteiger partial charge in [-0.05, 0) is 34.9 Å². The number of carbonyl (C=O) groups excluding carboxylic acids is 1. The normalized spacial score (nSPS) is 18.0. The molecule has 0 saturated carbocycles. The molecule has 0 spiro atoms. The number of thiophene rings is 2. The number of fused-ring (bicyclic) bond motifs is 1. The standard InChI is InChI=1S/C16H16N2OS2/c1-2-7-17-15(19)11-18-8-5-13-12(6-10-21-13)16(18)14-4-3-9-20-14/h1,3-4,6,9-10,16H,5,7-8,11H2,(H,17,19). The van der Waals surface area contributed by atoms with Gasteiger partial charge in [0.15, 0.2) is 0 Å². The van der Waals surface area contributed by atoms with Gasteiger partial charge in [0.2, 0.25) is 5.91 Å². The van der Waals surface area contributed by atoms with Gasteiger partial charge in [-0.15, -0.1) is 29.1 Å². The summed E-state index contributed by atoms with van der Waals surface area (Å²) >= 11 is 3.56. The van der Waals surface area contributed by atoms with Crippen molar-refractivity contribution in [2.24, 2.45) is 0 Å². The average molecular weight is 316 g/mol. The topological polar surface area (TPSA) is 32.3 Å². The van der Waals surface area contributed by atoms with E-state index < -0.39 is 0 Å². The minimum Gasteiger partial charge on any atom is -0.344 e. The second-order valence-corrected chi connectivity index (χ2v) is 6.90. The Morgan fingerprint density at radius 3 is 3.10 bits per heavy atom. The molecule has 0 saturated heterocycles. The largest absolute Gasteiger partial charge is 0.344 e. The van der Waals surface area contributed by atoms with Gasteiger partial charge >= 0.3 is 0 Å². The lowest BCUT2D eigenvalue weighted by Gasteiger charge is -2.34. The molecule has 21 heavy (non-hydrogen) atoms. The number of rotatable bonds is 4. The monoisotopic (exact) mass is 316 g/mol. The van der Waals surface area contributed by atoms with E-state index in [1.165, 1.54) is 15.3 Å². The molecule has 1 unspecified atom stereocenters. The SMILES string of the molecule is C#CCNC(=O)CN1CCc2sccc2C1c1cccs1. The Bertz CT molecular complexity index is 654. The molecule has 1 aliphatic heterocycles. The minimum absolute atomic E-state index is 0.00631. The van der Waals surface area contributed by atoms with E-state index in [0.29, 0.717) is 13.1 Å². The molecule has 3 heterocycles. The van der Waals surface area contributed by atoms with Gasteiger partial charge < -0.3 is 5.32 Å². The van der Waals surface area contributed by atoms with Crippen LogP contribution in [0, 0.1) is 12.3 Å². The van der Waals surface area contributed by atoms with Crippen molar-refractivity contribution >= 4 is 28.6 Å². The molecule has 1 N–H and O–H groups in total. The van der Waals surface area contributed by atoms with Gasteiger partial charge in [-0.25, -0.2) is 0 Å². The van der Waals surface area contributed by atoms with Crippen molar-refractivity contribution < 1.29 is 4.79 Å². The van der Waals surface area contributed by atoms with Crippen molar-refractivity contribution in [1.82, 2.24) is 10.2 Å². The summed E-state index contributed by atoms with van der Waals surface area (Å²) in [6.07, 6.45) is 6.20. The highest BCUT2D eigenvalue weighted by atomic mass is 32.1. The molecule has 2 aromatic heterocycles. The molecule has 3 rings (SSSR count). The van der Waals surface area contributed by atoms with E-state index in [9.17, 15) is 4.79 Å². The molecule has 0 radical (unpaired) electrons. The van der Waals surface area contributed by atoms with Crippen LogP contribution in [0.5, 0.6) is 0 Å². The third-order valence-corrected chi connectivity index (χ3v) is 5.53. The number of amides is 1. The zero-order chi connectivity index (χ0) is 14.7. The molecule has 0 aromatic carbocycles. The first-order valence-electron chi connectivity index (χ1n) is 6.83. The van der Waals surface area contributed by atoms with E-state index in [0.717, 1.165) is 13.0 Å². The Kier molecular flexibility index (Phi) is 4.39. The van der Waals surface area contributed by atoms with Crippen molar-refractivity contribution in [3.05, 3.63) is 44.3 Å². The molecule has 1 aliphatic rings. The Balaban J connectivity index is 1.83. The van der Waals surface area contributed by atoms with Crippen molar-refractivity contribution in [3.63, 3.8) is 0 Å². The molecule has 108 valence electrons. The van der Waals surface area contributed by atoms with Gasteiger partial charge in [0.05, 0.1) is 19.1 Å². The quantitative estimate of drug-likeness (QED) is 0.879. The first-order chi connectivity index (χ1) is 10.3. The Morgan fingerprint density at radius 1 is 1.43 bits per heavy atom. The number of nitrogens with zero attached hydrogens (tertiary/aromatic N) is 1. The first kappa shape index (κ1) is 14.3. The first-order valence-corrected chi connectivity index (χ1v) is 8.59. The van der Waals surface area contributed by atoms with Crippen molar-refractivity contribution in [3.8, 4) is 12.3 Å². The molecule has 1 atom stereocenters. The maximum Gasteiger partial charge on any atom is 0.234 e. The molecule has 0 bridgehead atoms. The highest BCUT2D eigenvalue weighted by Crippen LogP contribution is 2.39. The summed E-state index contributed by atoms with van der Waals surface area (Å²) in [5, 5.41) is 6.99. The van der Waals surface area contributed by atoms with E-state index in [4.69, 9.17) is 6.42 Å². The number of nitrogens with one attached hydrogen (secondary N) is 1. The van der Waals surface area contributed by atoms with Crippen LogP contribution in [0.2, 0.25) is 0 Å². The van der Waals surface area contributed by atoms with Crippen LogP contribution in [0.4, 0.5) is 0 Å². The van der Waals surface area contributed by atoms with Gasteiger partial charge in [0, 0.05) is 16.3 Å². The Morgan fingerprint density at radius 2 is 2.33 bits per heavy atom. The summed E-state index contributed by atoms with van der Waals surface area (Å²) in [7, 11) is 0. The van der Waals surface area contributed by atoms with Crippen LogP contribution < -0.4 is 5.32 Å². The van der Waals surface area contributed by atoms with Crippen LogP contribution in [0.1, 0.15) is 21.4 Å². The highest BCUT2D eigenvalue weighted by molar-refractivity contribution is 7.10. The van der Waals surface area contributed by atoms with Gasteiger partial charge in [0.25, 0.3) is 0 Å². The summed E-state index contributed by atoms with van der Waals surface area (Å²) in [4.78, 5) is 17.0. The van der Waals surface area contributed by atoms with Crippen molar-refractivity contribution in [2.45, 2.75) is 12.5 Å². The summed E-state index contributed by atoms with van der Waals surface area (Å²) in [5.74, 6) is 2.43. The van der Waals surface area contributed by atoms with Gasteiger partial charge in [-0.3, -0.25) is 9.69 Å². The minimum atomic E-state index is -0.00631. The second-order valence-electron chi connectivity index (χ2n) is 4.92. The molecule has 1 amide bonds. The molecular weight excluding hydrogens is 300 g/mol. The zero-order valence-corrected chi connectivity index (χ0v) is 13.2. The molecule has 5 heteroatoms. The molecular formula is C16H16N2OS2. The van der Waals surface area contributed by atoms with Crippen LogP contribution >= 0.6 is 22.7 Å². The lowest BCUT2D eigenvalue weighted by atomic mass is 9.98. The lowest BCUT2D eigenvalue weighted by Crippen LogP contribution is -2.42. The molecule has 0 aliphatic carbocycles. The van der Waals surface area contributed by atoms with E-state index in [1.807, 2.05) is 11.3 Å². The number of hydrogen-bond donors (Lipinski definition) is 1. The van der Waals surface area contributed by atoms with Crippen LogP contribution in [-0.4, -0.2) is 30.4 Å². The van der Waals surface area contributed by atoms with Gasteiger partial charge in [-0.2, -0.15) is 0 Å². The van der Waals surface area contributed by atoms with Crippen molar-refractivity contribution in [1.29, 1.82) is 0 Å². The smallest absolute Gasteiger partial charge is 0.234 e. The number of hydrogen-bond acceptors (Lipinski definition) is 4. The van der Waals surface area contributed by atoms with E-state index in [1.54, 1.807) is 11.3 Å². The Labute approximate surface area is 132 Å². The summed E-state index contributed by atoms with van der Waals surface area (Å²) in [6, 6.07) is 6.60.